The summed E-state index contributed by atoms with van der Waals surface area (Å²) >= 11 is 1.58. The van der Waals surface area contributed by atoms with Crippen molar-refractivity contribution in [2.24, 2.45) is 0 Å². The van der Waals surface area contributed by atoms with Crippen molar-refractivity contribution < 1.29 is 17.9 Å². The molecule has 0 saturated carbocycles. The summed E-state index contributed by atoms with van der Waals surface area (Å²) in [4.78, 5) is 6.49. The maximum atomic E-state index is 13.0. The van der Waals surface area contributed by atoms with Gasteiger partial charge in [0.25, 0.3) is 0 Å². The number of benzene rings is 3. The number of pyridine rings is 1. The Balaban J connectivity index is 1.46. The van der Waals surface area contributed by atoms with Crippen molar-refractivity contribution in [2.45, 2.75) is 18.1 Å². The molecule has 1 unspecified atom stereocenters. The van der Waals surface area contributed by atoms with E-state index in [4.69, 9.17) is 4.74 Å². The van der Waals surface area contributed by atoms with Crippen LogP contribution in [-0.2, 0) is 12.7 Å². The minimum atomic E-state index is -4.34. The van der Waals surface area contributed by atoms with Crippen LogP contribution in [0.2, 0.25) is 0 Å². The lowest BCUT2D eigenvalue weighted by Crippen LogP contribution is -2.18. The highest BCUT2D eigenvalue weighted by Gasteiger charge is 2.31. The quantitative estimate of drug-likeness (QED) is 0.294. The molecule has 0 radical (unpaired) electrons. The normalized spacial score (nSPS) is 15.8. The number of rotatable bonds is 5. The maximum Gasteiger partial charge on any atom is 0.416 e. The molecule has 0 N–H and O–H groups in total. The molecule has 7 heteroatoms. The fourth-order valence-corrected chi connectivity index (χ4v) is 5.20. The number of ether oxygens (including phenoxy) is 1. The number of thioether (sulfide) groups is 1. The van der Waals surface area contributed by atoms with E-state index in [2.05, 4.69) is 28.1 Å². The van der Waals surface area contributed by atoms with Crippen LogP contribution in [0.5, 0.6) is 5.75 Å². The molecule has 1 atom stereocenters. The van der Waals surface area contributed by atoms with E-state index < -0.39 is 11.7 Å². The Hall–Kier alpha value is -3.45. The van der Waals surface area contributed by atoms with E-state index in [9.17, 15) is 13.2 Å². The number of methoxy groups -OCH3 is 1. The topological polar surface area (TPSA) is 25.4 Å². The van der Waals surface area contributed by atoms with Gasteiger partial charge < -0.3 is 9.64 Å². The molecule has 2 heterocycles. The number of halogens is 3. The first-order valence-electron chi connectivity index (χ1n) is 10.7. The van der Waals surface area contributed by atoms with Gasteiger partial charge in [-0.2, -0.15) is 13.2 Å². The lowest BCUT2D eigenvalue weighted by Gasteiger charge is -2.26. The first kappa shape index (κ1) is 22.3. The van der Waals surface area contributed by atoms with Crippen LogP contribution in [0, 0.1) is 0 Å². The zero-order chi connectivity index (χ0) is 23.7. The Morgan fingerprint density at radius 3 is 2.59 bits per heavy atom. The van der Waals surface area contributed by atoms with Gasteiger partial charge in [0.2, 0.25) is 0 Å². The summed E-state index contributed by atoms with van der Waals surface area (Å²) in [7, 11) is 1.65. The van der Waals surface area contributed by atoms with Crippen molar-refractivity contribution in [2.75, 3.05) is 7.11 Å². The molecule has 0 amide bonds. The number of alkyl halides is 3. The highest BCUT2D eigenvalue weighted by atomic mass is 32.2. The summed E-state index contributed by atoms with van der Waals surface area (Å²) in [5, 5.41) is 4.02. The molecular weight excluding hydrogens is 457 g/mol. The third-order valence-corrected chi connectivity index (χ3v) is 7.01. The number of nitrogens with zero attached hydrogens (tertiary/aromatic N) is 2. The van der Waals surface area contributed by atoms with Crippen LogP contribution in [0.4, 0.5) is 13.2 Å². The van der Waals surface area contributed by atoms with Crippen LogP contribution in [0.3, 0.4) is 0 Å². The van der Waals surface area contributed by atoms with Gasteiger partial charge in [0, 0.05) is 30.5 Å². The van der Waals surface area contributed by atoms with Crippen LogP contribution >= 0.6 is 11.8 Å². The van der Waals surface area contributed by atoms with Crippen molar-refractivity contribution in [1.29, 1.82) is 0 Å². The molecule has 1 aromatic heterocycles. The van der Waals surface area contributed by atoms with Gasteiger partial charge in [-0.05, 0) is 63.4 Å². The zero-order valence-electron chi connectivity index (χ0n) is 18.3. The lowest BCUT2D eigenvalue weighted by atomic mass is 9.96. The van der Waals surface area contributed by atoms with Gasteiger partial charge >= 0.3 is 6.18 Å². The molecule has 0 aliphatic carbocycles. The second kappa shape index (κ2) is 9.06. The van der Waals surface area contributed by atoms with Crippen LogP contribution in [0.1, 0.15) is 22.1 Å². The van der Waals surface area contributed by atoms with E-state index in [0.717, 1.165) is 50.9 Å². The molecule has 34 heavy (non-hydrogen) atoms. The molecule has 1 aliphatic heterocycles. The molecule has 0 bridgehead atoms. The van der Waals surface area contributed by atoms with Crippen LogP contribution in [-0.4, -0.2) is 17.0 Å². The van der Waals surface area contributed by atoms with Crippen molar-refractivity contribution in [3.05, 3.63) is 107 Å². The SMILES string of the molecule is COc1cccc(-c2ccc(CN3C=CSC3c3ccc(C(F)(F)F)cc3)c3cnccc23)c1. The van der Waals surface area contributed by atoms with Crippen molar-refractivity contribution in [3.63, 3.8) is 0 Å². The highest BCUT2D eigenvalue weighted by Crippen LogP contribution is 2.42. The Labute approximate surface area is 199 Å². The molecule has 0 fully saturated rings. The zero-order valence-corrected chi connectivity index (χ0v) is 19.1. The van der Waals surface area contributed by atoms with Crippen molar-refractivity contribution in [3.8, 4) is 16.9 Å². The van der Waals surface area contributed by atoms with Crippen LogP contribution in [0.15, 0.2) is 90.7 Å². The summed E-state index contributed by atoms with van der Waals surface area (Å²) in [5.41, 5.74) is 3.44. The molecule has 4 aromatic rings. The summed E-state index contributed by atoms with van der Waals surface area (Å²) in [5.74, 6) is 0.794. The van der Waals surface area contributed by atoms with Gasteiger partial charge in [-0.3, -0.25) is 4.98 Å². The van der Waals surface area contributed by atoms with Crippen LogP contribution < -0.4 is 4.74 Å². The highest BCUT2D eigenvalue weighted by molar-refractivity contribution is 8.02. The van der Waals surface area contributed by atoms with Gasteiger partial charge in [0.15, 0.2) is 0 Å². The van der Waals surface area contributed by atoms with E-state index in [1.54, 1.807) is 37.2 Å². The van der Waals surface area contributed by atoms with Gasteiger partial charge in [0.1, 0.15) is 11.1 Å². The average molecular weight is 479 g/mol. The predicted octanol–water partition coefficient (Wildman–Crippen LogP) is 7.65. The Kier molecular flexibility index (Phi) is 5.96. The second-order valence-electron chi connectivity index (χ2n) is 7.99. The summed E-state index contributed by atoms with van der Waals surface area (Å²) in [6.45, 7) is 0.607. The van der Waals surface area contributed by atoms with E-state index in [1.807, 2.05) is 42.1 Å². The maximum absolute atomic E-state index is 13.0. The van der Waals surface area contributed by atoms with Crippen LogP contribution in [0.25, 0.3) is 21.9 Å². The Morgan fingerprint density at radius 2 is 1.82 bits per heavy atom. The monoisotopic (exact) mass is 478 g/mol. The smallest absolute Gasteiger partial charge is 0.416 e. The van der Waals surface area contributed by atoms with Gasteiger partial charge in [0.05, 0.1) is 12.7 Å². The first-order chi connectivity index (χ1) is 16.4. The predicted molar refractivity (Wildman–Crippen MR) is 130 cm³/mol. The van der Waals surface area contributed by atoms with Crippen molar-refractivity contribution in [1.82, 2.24) is 9.88 Å². The summed E-state index contributed by atoms with van der Waals surface area (Å²) < 4.78 is 44.3. The molecule has 3 nitrogen and oxygen atoms in total. The summed E-state index contributed by atoms with van der Waals surface area (Å²) in [6, 6.07) is 19.6. The molecular formula is C27H21F3N2OS. The molecule has 3 aromatic carbocycles. The van der Waals surface area contributed by atoms with Gasteiger partial charge in [-0.25, -0.2) is 0 Å². The summed E-state index contributed by atoms with van der Waals surface area (Å²) in [6.07, 6.45) is 1.31. The fourth-order valence-electron chi connectivity index (χ4n) is 4.21. The molecule has 172 valence electrons. The van der Waals surface area contributed by atoms with Gasteiger partial charge in [-0.15, -0.1) is 11.8 Å². The Bertz CT molecular complexity index is 1350. The minimum absolute atomic E-state index is 0.0907. The van der Waals surface area contributed by atoms with Gasteiger partial charge in [-0.1, -0.05) is 36.4 Å². The molecule has 0 spiro atoms. The Morgan fingerprint density at radius 1 is 1.00 bits per heavy atom. The first-order valence-corrected chi connectivity index (χ1v) is 11.6. The average Bonchev–Trinajstić information content (AvgIpc) is 3.32. The molecule has 5 rings (SSSR count). The number of hydrogen-bond acceptors (Lipinski definition) is 4. The number of hydrogen-bond donors (Lipinski definition) is 0. The fraction of sp³-hybridized carbons (Fsp3) is 0.148. The van der Waals surface area contributed by atoms with E-state index in [0.29, 0.717) is 6.54 Å². The molecule has 1 aliphatic rings. The van der Waals surface area contributed by atoms with E-state index >= 15 is 0 Å². The van der Waals surface area contributed by atoms with E-state index in [-0.39, 0.29) is 5.37 Å². The number of fused-ring (bicyclic) bond motifs is 1. The number of aromatic nitrogens is 1. The lowest BCUT2D eigenvalue weighted by molar-refractivity contribution is -0.137. The third kappa shape index (κ3) is 4.35. The van der Waals surface area contributed by atoms with E-state index in [1.165, 1.54) is 0 Å². The van der Waals surface area contributed by atoms with Crippen molar-refractivity contribution >= 4 is 22.5 Å². The molecule has 0 saturated heterocycles. The third-order valence-electron chi connectivity index (χ3n) is 5.93. The second-order valence-corrected chi connectivity index (χ2v) is 8.98. The standard InChI is InChI=1S/C27H21F3N2OS/c1-33-22-4-2-3-19(15-22)23-10-7-20(25-16-31-12-11-24(23)25)17-32-13-14-34-26(32)18-5-8-21(9-6-18)27(28,29)30/h2-16,26H,17H2,1H3. The largest absolute Gasteiger partial charge is 0.497 e. The minimum Gasteiger partial charge on any atom is -0.497 e.